The van der Waals surface area contributed by atoms with Gasteiger partial charge in [-0.3, -0.25) is 14.5 Å². The molecule has 1 aliphatic heterocycles. The van der Waals surface area contributed by atoms with Crippen molar-refractivity contribution in [1.29, 1.82) is 0 Å². The largest absolute Gasteiger partial charge is 0.493 e. The van der Waals surface area contributed by atoms with Gasteiger partial charge in [0.2, 0.25) is 0 Å². The summed E-state index contributed by atoms with van der Waals surface area (Å²) in [7, 11) is 2.74. The Labute approximate surface area is 143 Å². The molecule has 1 aromatic carbocycles. The van der Waals surface area contributed by atoms with Gasteiger partial charge in [-0.25, -0.2) is 4.79 Å². The van der Waals surface area contributed by atoms with Crippen LogP contribution in [-0.4, -0.2) is 49.4 Å². The predicted octanol–water partition coefficient (Wildman–Crippen LogP) is 2.30. The fourth-order valence-electron chi connectivity index (χ4n) is 2.01. The SMILES string of the molecule is CCN1C(=O)S/C(=C/c2ccc(OCC(=O)OC)c(OC)c2)C1=O. The summed E-state index contributed by atoms with van der Waals surface area (Å²) in [6.45, 7) is 1.85. The van der Waals surface area contributed by atoms with E-state index in [4.69, 9.17) is 9.47 Å². The van der Waals surface area contributed by atoms with Gasteiger partial charge in [0.25, 0.3) is 11.1 Å². The Morgan fingerprint density at radius 2 is 2.00 bits per heavy atom. The van der Waals surface area contributed by atoms with Crippen LogP contribution >= 0.6 is 11.8 Å². The van der Waals surface area contributed by atoms with E-state index in [9.17, 15) is 14.4 Å². The maximum atomic E-state index is 12.1. The first-order valence-electron chi connectivity index (χ1n) is 7.13. The van der Waals surface area contributed by atoms with E-state index in [-0.39, 0.29) is 17.8 Å². The molecule has 1 saturated heterocycles. The highest BCUT2D eigenvalue weighted by Crippen LogP contribution is 2.34. The van der Waals surface area contributed by atoms with Gasteiger partial charge >= 0.3 is 5.97 Å². The molecule has 1 heterocycles. The molecule has 0 radical (unpaired) electrons. The van der Waals surface area contributed by atoms with E-state index in [1.807, 2.05) is 0 Å². The van der Waals surface area contributed by atoms with E-state index < -0.39 is 5.97 Å². The Balaban J connectivity index is 2.21. The van der Waals surface area contributed by atoms with Crippen LogP contribution < -0.4 is 9.47 Å². The molecule has 0 aliphatic carbocycles. The van der Waals surface area contributed by atoms with Crippen molar-refractivity contribution in [2.75, 3.05) is 27.4 Å². The molecule has 0 N–H and O–H groups in total. The first-order valence-corrected chi connectivity index (χ1v) is 7.94. The minimum absolute atomic E-state index is 0.235. The third kappa shape index (κ3) is 3.88. The lowest BCUT2D eigenvalue weighted by molar-refractivity contribution is -0.142. The molecule has 128 valence electrons. The minimum atomic E-state index is -0.505. The molecular weight excluding hydrogens is 334 g/mol. The number of carbonyl (C=O) groups excluding carboxylic acids is 3. The fraction of sp³-hybridized carbons (Fsp3) is 0.312. The van der Waals surface area contributed by atoms with Crippen LogP contribution in [0.5, 0.6) is 11.5 Å². The predicted molar refractivity (Wildman–Crippen MR) is 88.9 cm³/mol. The Bertz CT molecular complexity index is 700. The van der Waals surface area contributed by atoms with Gasteiger partial charge in [0, 0.05) is 6.54 Å². The van der Waals surface area contributed by atoms with Crippen molar-refractivity contribution >= 4 is 35.0 Å². The van der Waals surface area contributed by atoms with Gasteiger partial charge in [0.15, 0.2) is 18.1 Å². The van der Waals surface area contributed by atoms with Crippen LogP contribution in [0.1, 0.15) is 12.5 Å². The Morgan fingerprint density at radius 1 is 1.25 bits per heavy atom. The minimum Gasteiger partial charge on any atom is -0.493 e. The Kier molecular flexibility index (Phi) is 5.86. The van der Waals surface area contributed by atoms with Crippen LogP contribution in [0.2, 0.25) is 0 Å². The molecule has 0 spiro atoms. The van der Waals surface area contributed by atoms with Crippen molar-refractivity contribution < 1.29 is 28.6 Å². The molecule has 0 unspecified atom stereocenters. The maximum absolute atomic E-state index is 12.1. The molecule has 0 aromatic heterocycles. The number of hydrogen-bond acceptors (Lipinski definition) is 7. The molecule has 0 saturated carbocycles. The third-order valence-electron chi connectivity index (χ3n) is 3.25. The summed E-state index contributed by atoms with van der Waals surface area (Å²) in [5.41, 5.74) is 0.680. The Morgan fingerprint density at radius 3 is 2.58 bits per heavy atom. The van der Waals surface area contributed by atoms with Gasteiger partial charge in [-0.15, -0.1) is 0 Å². The van der Waals surface area contributed by atoms with Crippen molar-refractivity contribution in [3.05, 3.63) is 28.7 Å². The van der Waals surface area contributed by atoms with E-state index in [1.54, 1.807) is 31.2 Å². The number of methoxy groups -OCH3 is 2. The molecule has 1 aromatic rings. The number of ether oxygens (including phenoxy) is 3. The molecule has 24 heavy (non-hydrogen) atoms. The van der Waals surface area contributed by atoms with Crippen molar-refractivity contribution in [2.45, 2.75) is 6.92 Å². The molecule has 2 rings (SSSR count). The molecule has 1 fully saturated rings. The summed E-state index contributed by atoms with van der Waals surface area (Å²) in [6, 6.07) is 4.99. The zero-order chi connectivity index (χ0) is 17.7. The van der Waals surface area contributed by atoms with Gasteiger partial charge in [-0.2, -0.15) is 0 Å². The van der Waals surface area contributed by atoms with Gasteiger partial charge < -0.3 is 14.2 Å². The monoisotopic (exact) mass is 351 g/mol. The van der Waals surface area contributed by atoms with E-state index in [2.05, 4.69) is 4.74 Å². The Hall–Kier alpha value is -2.48. The van der Waals surface area contributed by atoms with Gasteiger partial charge in [0.05, 0.1) is 19.1 Å². The van der Waals surface area contributed by atoms with Crippen LogP contribution in [0.15, 0.2) is 23.1 Å². The molecule has 7 nitrogen and oxygen atoms in total. The second kappa shape index (κ2) is 7.87. The normalized spacial score (nSPS) is 15.8. The quantitative estimate of drug-likeness (QED) is 0.574. The van der Waals surface area contributed by atoms with Crippen LogP contribution in [0.4, 0.5) is 4.79 Å². The van der Waals surface area contributed by atoms with Crippen molar-refractivity contribution in [3.63, 3.8) is 0 Å². The van der Waals surface area contributed by atoms with Gasteiger partial charge in [-0.05, 0) is 42.5 Å². The van der Waals surface area contributed by atoms with E-state index in [0.717, 1.165) is 11.8 Å². The highest BCUT2D eigenvalue weighted by molar-refractivity contribution is 8.18. The summed E-state index contributed by atoms with van der Waals surface area (Å²) in [4.78, 5) is 36.5. The molecule has 2 amide bonds. The number of thioether (sulfide) groups is 1. The summed E-state index contributed by atoms with van der Waals surface area (Å²) in [6.07, 6.45) is 1.62. The number of nitrogens with zero attached hydrogens (tertiary/aromatic N) is 1. The smallest absolute Gasteiger partial charge is 0.343 e. The van der Waals surface area contributed by atoms with Crippen LogP contribution in [0.3, 0.4) is 0 Å². The molecule has 1 aliphatic rings. The summed E-state index contributed by atoms with van der Waals surface area (Å²) >= 11 is 0.901. The average molecular weight is 351 g/mol. The second-order valence-electron chi connectivity index (χ2n) is 4.70. The number of hydrogen-bond donors (Lipinski definition) is 0. The number of amides is 2. The number of carbonyl (C=O) groups is 3. The lowest BCUT2D eigenvalue weighted by atomic mass is 10.2. The average Bonchev–Trinajstić information content (AvgIpc) is 2.86. The second-order valence-corrected chi connectivity index (χ2v) is 5.69. The fourth-order valence-corrected chi connectivity index (χ4v) is 2.92. The van der Waals surface area contributed by atoms with Crippen LogP contribution in [-0.2, 0) is 14.3 Å². The summed E-state index contributed by atoms with van der Waals surface area (Å²) in [5.74, 6) is -0.0315. The van der Waals surface area contributed by atoms with Crippen molar-refractivity contribution in [1.82, 2.24) is 4.90 Å². The number of esters is 1. The van der Waals surface area contributed by atoms with E-state index in [0.29, 0.717) is 28.5 Å². The van der Waals surface area contributed by atoms with E-state index in [1.165, 1.54) is 19.1 Å². The standard InChI is InChI=1S/C16H17NO6S/c1-4-17-15(19)13(24-16(17)20)8-10-5-6-11(12(7-10)21-2)23-9-14(18)22-3/h5-8H,4,9H2,1-3H3/b13-8+. The molecule has 0 atom stereocenters. The zero-order valence-electron chi connectivity index (χ0n) is 13.5. The third-order valence-corrected chi connectivity index (χ3v) is 4.16. The topological polar surface area (TPSA) is 82.1 Å². The number of rotatable bonds is 6. The van der Waals surface area contributed by atoms with Crippen LogP contribution in [0.25, 0.3) is 6.08 Å². The lowest BCUT2D eigenvalue weighted by Gasteiger charge is -2.10. The summed E-state index contributed by atoms with van der Waals surface area (Å²) < 4.78 is 15.1. The van der Waals surface area contributed by atoms with E-state index >= 15 is 0 Å². The molecular formula is C16H17NO6S. The van der Waals surface area contributed by atoms with Crippen LogP contribution in [0, 0.1) is 0 Å². The van der Waals surface area contributed by atoms with Gasteiger partial charge in [-0.1, -0.05) is 6.07 Å². The molecule has 0 bridgehead atoms. The number of imide groups is 1. The lowest BCUT2D eigenvalue weighted by Crippen LogP contribution is -2.27. The van der Waals surface area contributed by atoms with Crippen molar-refractivity contribution in [2.24, 2.45) is 0 Å². The highest BCUT2D eigenvalue weighted by Gasteiger charge is 2.33. The first-order chi connectivity index (χ1) is 11.5. The maximum Gasteiger partial charge on any atom is 0.343 e. The number of likely N-dealkylation sites (N-methyl/N-ethyl adjacent to an activating group) is 1. The first kappa shape index (κ1) is 17.9. The van der Waals surface area contributed by atoms with Gasteiger partial charge in [0.1, 0.15) is 0 Å². The van der Waals surface area contributed by atoms with Crippen molar-refractivity contribution in [3.8, 4) is 11.5 Å². The molecule has 8 heteroatoms. The summed E-state index contributed by atoms with van der Waals surface area (Å²) in [5, 5.41) is -0.279. The zero-order valence-corrected chi connectivity index (χ0v) is 14.3. The highest BCUT2D eigenvalue weighted by atomic mass is 32.2. The number of benzene rings is 1.